The first-order chi connectivity index (χ1) is 32.7. The van der Waals surface area contributed by atoms with Crippen LogP contribution in [0.3, 0.4) is 0 Å². The van der Waals surface area contributed by atoms with Crippen molar-refractivity contribution in [2.45, 2.75) is 12.8 Å². The zero-order chi connectivity index (χ0) is 43.8. The van der Waals surface area contributed by atoms with Crippen molar-refractivity contribution in [3.8, 4) is 66.9 Å². The van der Waals surface area contributed by atoms with Crippen molar-refractivity contribution in [3.63, 3.8) is 0 Å². The predicted molar refractivity (Wildman–Crippen MR) is 274 cm³/mol. The van der Waals surface area contributed by atoms with Crippen LogP contribution >= 0.6 is 0 Å². The summed E-state index contributed by atoms with van der Waals surface area (Å²) in [6.07, 6.45) is 9.98. The minimum Gasteiger partial charge on any atom is -0.256 e. The number of benzene rings is 8. The molecule has 1 aliphatic rings. The molecule has 0 radical (unpaired) electrons. The van der Waals surface area contributed by atoms with Gasteiger partial charge in [0.15, 0.2) is 5.82 Å². The normalized spacial score (nSPS) is 12.6. The quantitative estimate of drug-likeness (QED) is 0.153. The average Bonchev–Trinajstić information content (AvgIpc) is 3.40. The number of para-hydroxylation sites is 2. The lowest BCUT2D eigenvalue weighted by Gasteiger charge is -2.19. The Kier molecular flexibility index (Phi) is 9.95. The number of allylic oxidation sites excluding steroid dienone is 4. The van der Waals surface area contributed by atoms with Gasteiger partial charge in [-0.25, -0.2) is 9.97 Å². The second kappa shape index (κ2) is 16.8. The van der Waals surface area contributed by atoms with E-state index < -0.39 is 0 Å². The third kappa shape index (κ3) is 7.35. The second-order valence-electron chi connectivity index (χ2n) is 16.9. The van der Waals surface area contributed by atoms with Crippen LogP contribution in [0.4, 0.5) is 0 Å². The van der Waals surface area contributed by atoms with Crippen molar-refractivity contribution in [2.24, 2.45) is 0 Å². The molecule has 3 heterocycles. The Morgan fingerprint density at radius 2 is 0.758 bits per heavy atom. The second-order valence-corrected chi connectivity index (χ2v) is 16.9. The van der Waals surface area contributed by atoms with Crippen LogP contribution in [0.15, 0.2) is 231 Å². The van der Waals surface area contributed by atoms with E-state index in [1.54, 1.807) is 0 Å². The average molecular weight is 843 g/mol. The van der Waals surface area contributed by atoms with Gasteiger partial charge in [-0.3, -0.25) is 9.97 Å². The van der Waals surface area contributed by atoms with Crippen LogP contribution in [-0.4, -0.2) is 19.9 Å². The number of pyridine rings is 2. The van der Waals surface area contributed by atoms with Gasteiger partial charge in [0.05, 0.1) is 22.2 Å². The maximum Gasteiger partial charge on any atom is 0.156 e. The van der Waals surface area contributed by atoms with Gasteiger partial charge in [-0.2, -0.15) is 0 Å². The van der Waals surface area contributed by atoms with Crippen LogP contribution in [0, 0.1) is 0 Å². The van der Waals surface area contributed by atoms with Crippen LogP contribution in [0.5, 0.6) is 0 Å². The number of hydrogen-bond donors (Lipinski definition) is 0. The van der Waals surface area contributed by atoms with E-state index in [0.717, 1.165) is 96.2 Å². The summed E-state index contributed by atoms with van der Waals surface area (Å²) in [6, 6.07) is 73.4. The smallest absolute Gasteiger partial charge is 0.156 e. The van der Waals surface area contributed by atoms with Gasteiger partial charge in [-0.1, -0.05) is 182 Å². The molecule has 0 bridgehead atoms. The van der Waals surface area contributed by atoms with Gasteiger partial charge < -0.3 is 0 Å². The summed E-state index contributed by atoms with van der Waals surface area (Å²) in [5.74, 6) is 0.749. The fourth-order valence-corrected chi connectivity index (χ4v) is 9.52. The fourth-order valence-electron chi connectivity index (χ4n) is 9.52. The van der Waals surface area contributed by atoms with E-state index in [4.69, 9.17) is 9.97 Å². The monoisotopic (exact) mass is 842 g/mol. The van der Waals surface area contributed by atoms with Gasteiger partial charge >= 0.3 is 0 Å². The zero-order valence-corrected chi connectivity index (χ0v) is 36.1. The molecule has 0 atom stereocenters. The molecule has 0 aliphatic heterocycles. The molecule has 66 heavy (non-hydrogen) atoms. The van der Waals surface area contributed by atoms with E-state index in [2.05, 4.69) is 216 Å². The first-order valence-corrected chi connectivity index (χ1v) is 22.6. The van der Waals surface area contributed by atoms with E-state index in [9.17, 15) is 0 Å². The molecule has 0 saturated carbocycles. The predicted octanol–water partition coefficient (Wildman–Crippen LogP) is 16.0. The summed E-state index contributed by atoms with van der Waals surface area (Å²) in [5.41, 5.74) is 19.9. The molecular weight excluding hydrogens is 801 g/mol. The molecule has 0 unspecified atom stereocenters. The van der Waals surface area contributed by atoms with Crippen LogP contribution in [0.25, 0.3) is 111 Å². The highest BCUT2D eigenvalue weighted by atomic mass is 14.9. The van der Waals surface area contributed by atoms with Crippen LogP contribution < -0.4 is 0 Å². The van der Waals surface area contributed by atoms with Gasteiger partial charge in [0.1, 0.15) is 0 Å². The summed E-state index contributed by atoms with van der Waals surface area (Å²) >= 11 is 0. The summed E-state index contributed by atoms with van der Waals surface area (Å²) in [4.78, 5) is 20.4. The van der Waals surface area contributed by atoms with Crippen molar-refractivity contribution in [1.82, 2.24) is 19.9 Å². The molecular formula is C62H42N4. The standard InChI is InChI=1S/C62H42N4/c1-3-11-41(12-4-1)43-19-21-45(22-20-43)51-39-56(48-25-23-44(24-26-48)42-13-5-2-6-14-42)61-57(40-51)60(49-31-27-46(28-32-49)52-35-37-63-58-17-9-7-15-54(52)58)65-62(66-61)50-33-29-47(30-34-50)53-36-38-64-59-18-10-8-16-55(53)59/h1-29,31-33,35-40H,30,34H2. The van der Waals surface area contributed by atoms with Crippen LogP contribution in [0.2, 0.25) is 0 Å². The fraction of sp³-hybridized carbons (Fsp3) is 0.0323. The number of hydrogen-bond acceptors (Lipinski definition) is 4. The highest BCUT2D eigenvalue weighted by Gasteiger charge is 2.21. The van der Waals surface area contributed by atoms with Crippen molar-refractivity contribution >= 4 is 43.9 Å². The highest BCUT2D eigenvalue weighted by Crippen LogP contribution is 2.41. The van der Waals surface area contributed by atoms with Gasteiger partial charge in [-0.15, -0.1) is 0 Å². The summed E-state index contributed by atoms with van der Waals surface area (Å²) in [6.45, 7) is 0. The van der Waals surface area contributed by atoms with Crippen molar-refractivity contribution in [1.29, 1.82) is 0 Å². The van der Waals surface area contributed by atoms with Gasteiger partial charge in [0.2, 0.25) is 0 Å². The molecule has 11 aromatic rings. The molecule has 0 saturated heterocycles. The molecule has 1 aliphatic carbocycles. The number of nitrogens with zero attached hydrogens (tertiary/aromatic N) is 4. The molecule has 3 aromatic heterocycles. The Morgan fingerprint density at radius 3 is 1.35 bits per heavy atom. The topological polar surface area (TPSA) is 51.6 Å². The molecule has 4 nitrogen and oxygen atoms in total. The Hall–Kier alpha value is -8.60. The highest BCUT2D eigenvalue weighted by molar-refractivity contribution is 6.05. The van der Waals surface area contributed by atoms with Gasteiger partial charge in [0.25, 0.3) is 0 Å². The Bertz CT molecular complexity index is 3640. The van der Waals surface area contributed by atoms with Crippen LogP contribution in [-0.2, 0) is 0 Å². The first-order valence-electron chi connectivity index (χ1n) is 22.6. The number of aromatic nitrogens is 4. The van der Waals surface area contributed by atoms with Crippen molar-refractivity contribution < 1.29 is 0 Å². The van der Waals surface area contributed by atoms with E-state index in [0.29, 0.717) is 0 Å². The van der Waals surface area contributed by atoms with Gasteiger partial charge in [-0.05, 0) is 116 Å². The number of rotatable bonds is 8. The maximum atomic E-state index is 5.55. The minimum absolute atomic E-state index is 0.749. The number of fused-ring (bicyclic) bond motifs is 3. The van der Waals surface area contributed by atoms with E-state index >= 15 is 0 Å². The Balaban J connectivity index is 1.05. The van der Waals surface area contributed by atoms with Crippen LogP contribution in [0.1, 0.15) is 24.2 Å². The SMILES string of the molecule is C1=C(c2nc(-c3ccc(-c4ccnc5ccccc45)cc3)c3cc(-c4ccc(-c5ccccc5)cc4)cc(-c4ccc(-c5ccccc5)cc4)c3n2)CCC(c2ccnc3ccccc23)=C1. The lowest BCUT2D eigenvalue weighted by molar-refractivity contribution is 1.03. The molecule has 12 rings (SSSR count). The van der Waals surface area contributed by atoms with Crippen molar-refractivity contribution in [3.05, 3.63) is 242 Å². The van der Waals surface area contributed by atoms with E-state index in [1.165, 1.54) is 38.8 Å². The summed E-state index contributed by atoms with van der Waals surface area (Å²) in [7, 11) is 0. The van der Waals surface area contributed by atoms with E-state index in [1.807, 2.05) is 24.5 Å². The van der Waals surface area contributed by atoms with Gasteiger partial charge in [0, 0.05) is 39.7 Å². The zero-order valence-electron chi connectivity index (χ0n) is 36.1. The third-order valence-electron chi connectivity index (χ3n) is 13.0. The molecule has 4 heteroatoms. The molecule has 8 aromatic carbocycles. The maximum absolute atomic E-state index is 5.55. The molecule has 310 valence electrons. The van der Waals surface area contributed by atoms with E-state index in [-0.39, 0.29) is 0 Å². The summed E-state index contributed by atoms with van der Waals surface area (Å²) in [5, 5.41) is 3.30. The third-order valence-corrected chi connectivity index (χ3v) is 13.0. The summed E-state index contributed by atoms with van der Waals surface area (Å²) < 4.78 is 0. The molecule has 0 spiro atoms. The van der Waals surface area contributed by atoms with Crippen molar-refractivity contribution in [2.75, 3.05) is 0 Å². The Morgan fingerprint density at radius 1 is 0.303 bits per heavy atom. The Labute approximate surface area is 384 Å². The first kappa shape index (κ1) is 39.0. The minimum atomic E-state index is 0.749. The lowest BCUT2D eigenvalue weighted by atomic mass is 9.90. The molecule has 0 fully saturated rings. The largest absolute Gasteiger partial charge is 0.256 e. The molecule has 0 N–H and O–H groups in total. The lowest BCUT2D eigenvalue weighted by Crippen LogP contribution is -2.03. The molecule has 0 amide bonds.